The zero-order valence-corrected chi connectivity index (χ0v) is 11.3. The van der Waals surface area contributed by atoms with E-state index in [0.717, 1.165) is 12.5 Å². The fourth-order valence-electron chi connectivity index (χ4n) is 2.70. The van der Waals surface area contributed by atoms with Gasteiger partial charge in [0.1, 0.15) is 0 Å². The molecule has 1 nitrogen and oxygen atoms in total. The molecule has 1 aliphatic rings. The van der Waals surface area contributed by atoms with Crippen molar-refractivity contribution in [3.63, 3.8) is 0 Å². The van der Waals surface area contributed by atoms with Crippen LogP contribution in [0.5, 0.6) is 0 Å². The summed E-state index contributed by atoms with van der Waals surface area (Å²) in [5, 5.41) is 0. The van der Waals surface area contributed by atoms with Crippen molar-refractivity contribution in [1.29, 1.82) is 0 Å². The Morgan fingerprint density at radius 1 is 1.06 bits per heavy atom. The second-order valence-corrected chi connectivity index (χ2v) is 5.75. The number of rotatable bonds is 4. The fraction of sp³-hybridized carbons (Fsp3) is 0.625. The summed E-state index contributed by atoms with van der Waals surface area (Å²) in [5.41, 5.74) is 2.99. The summed E-state index contributed by atoms with van der Waals surface area (Å²) in [6, 6.07) is 9.16. The zero-order chi connectivity index (χ0) is 12.1. The van der Waals surface area contributed by atoms with Gasteiger partial charge in [-0.15, -0.1) is 0 Å². The predicted octanol–water partition coefficient (Wildman–Crippen LogP) is 3.87. The lowest BCUT2D eigenvalue weighted by molar-refractivity contribution is 0.221. The Hall–Kier alpha value is -0.820. The molecule has 0 aromatic heterocycles. The highest BCUT2D eigenvalue weighted by Gasteiger charge is 2.10. The minimum atomic E-state index is 0.750. The third-order valence-electron chi connectivity index (χ3n) is 3.49. The number of piperidine rings is 1. The second kappa shape index (κ2) is 6.20. The third-order valence-corrected chi connectivity index (χ3v) is 3.49. The molecule has 1 aromatic carbocycles. The number of hydrogen-bond donors (Lipinski definition) is 0. The van der Waals surface area contributed by atoms with Gasteiger partial charge in [0, 0.05) is 6.54 Å². The summed E-state index contributed by atoms with van der Waals surface area (Å²) in [7, 11) is 0. The van der Waals surface area contributed by atoms with Crippen LogP contribution >= 0.6 is 0 Å². The normalized spacial score (nSPS) is 17.6. The van der Waals surface area contributed by atoms with Gasteiger partial charge in [0.2, 0.25) is 0 Å². The van der Waals surface area contributed by atoms with Gasteiger partial charge >= 0.3 is 0 Å². The Kier molecular flexibility index (Phi) is 4.61. The summed E-state index contributed by atoms with van der Waals surface area (Å²) < 4.78 is 0. The fourth-order valence-corrected chi connectivity index (χ4v) is 2.70. The van der Waals surface area contributed by atoms with E-state index in [-0.39, 0.29) is 0 Å². The Balaban J connectivity index is 1.95. The highest BCUT2D eigenvalue weighted by atomic mass is 15.1. The van der Waals surface area contributed by atoms with Crippen molar-refractivity contribution in [3.8, 4) is 0 Å². The van der Waals surface area contributed by atoms with Gasteiger partial charge in [-0.25, -0.2) is 0 Å². The quantitative estimate of drug-likeness (QED) is 0.760. The van der Waals surface area contributed by atoms with Gasteiger partial charge in [0.05, 0.1) is 0 Å². The van der Waals surface area contributed by atoms with Crippen LogP contribution in [0.25, 0.3) is 0 Å². The first kappa shape index (κ1) is 12.6. The van der Waals surface area contributed by atoms with Crippen molar-refractivity contribution < 1.29 is 0 Å². The van der Waals surface area contributed by atoms with Crippen LogP contribution in [0.2, 0.25) is 0 Å². The summed E-state index contributed by atoms with van der Waals surface area (Å²) in [5.74, 6) is 0.750. The molecule has 1 aliphatic heterocycles. The van der Waals surface area contributed by atoms with Crippen LogP contribution in [0.3, 0.4) is 0 Å². The number of benzene rings is 1. The van der Waals surface area contributed by atoms with Crippen molar-refractivity contribution >= 4 is 0 Å². The molecular weight excluding hydrogens is 206 g/mol. The van der Waals surface area contributed by atoms with E-state index in [9.17, 15) is 0 Å². The third kappa shape index (κ3) is 4.16. The van der Waals surface area contributed by atoms with Crippen molar-refractivity contribution in [1.82, 2.24) is 4.90 Å². The molecule has 17 heavy (non-hydrogen) atoms. The topological polar surface area (TPSA) is 3.24 Å². The largest absolute Gasteiger partial charge is 0.299 e. The Bertz CT molecular complexity index is 337. The highest BCUT2D eigenvalue weighted by molar-refractivity contribution is 5.23. The van der Waals surface area contributed by atoms with E-state index in [4.69, 9.17) is 0 Å². The van der Waals surface area contributed by atoms with Gasteiger partial charge in [0.15, 0.2) is 0 Å². The van der Waals surface area contributed by atoms with Crippen LogP contribution in [-0.2, 0) is 13.0 Å². The Morgan fingerprint density at radius 3 is 2.47 bits per heavy atom. The summed E-state index contributed by atoms with van der Waals surface area (Å²) >= 11 is 0. The summed E-state index contributed by atoms with van der Waals surface area (Å²) in [6.45, 7) is 8.30. The molecule has 0 N–H and O–H groups in total. The maximum atomic E-state index is 2.60. The molecule has 1 saturated heterocycles. The monoisotopic (exact) mass is 231 g/mol. The van der Waals surface area contributed by atoms with E-state index in [1.165, 1.54) is 49.9 Å². The van der Waals surface area contributed by atoms with Gasteiger partial charge in [0.25, 0.3) is 0 Å². The molecule has 1 aromatic rings. The second-order valence-electron chi connectivity index (χ2n) is 5.75. The molecule has 0 saturated carbocycles. The molecule has 0 unspecified atom stereocenters. The minimum absolute atomic E-state index is 0.750. The van der Waals surface area contributed by atoms with Crippen LogP contribution < -0.4 is 0 Å². The smallest absolute Gasteiger partial charge is 0.0233 e. The Morgan fingerprint density at radius 2 is 1.76 bits per heavy atom. The van der Waals surface area contributed by atoms with Crippen molar-refractivity contribution in [3.05, 3.63) is 35.4 Å². The summed E-state index contributed by atoms with van der Waals surface area (Å²) in [4.78, 5) is 2.60. The Labute approximate surface area is 106 Å². The maximum absolute atomic E-state index is 2.60. The van der Waals surface area contributed by atoms with E-state index in [1.54, 1.807) is 0 Å². The molecule has 94 valence electrons. The molecule has 0 aliphatic carbocycles. The molecule has 1 fully saturated rings. The molecular formula is C16H25N. The highest BCUT2D eigenvalue weighted by Crippen LogP contribution is 2.15. The van der Waals surface area contributed by atoms with E-state index in [0.29, 0.717) is 0 Å². The predicted molar refractivity (Wildman–Crippen MR) is 74.1 cm³/mol. The van der Waals surface area contributed by atoms with Gasteiger partial charge in [-0.3, -0.25) is 4.90 Å². The average molecular weight is 231 g/mol. The maximum Gasteiger partial charge on any atom is 0.0233 e. The summed E-state index contributed by atoms with van der Waals surface area (Å²) in [6.07, 6.45) is 5.38. The molecule has 0 amide bonds. The molecule has 1 heteroatoms. The van der Waals surface area contributed by atoms with Crippen LogP contribution in [0.1, 0.15) is 44.2 Å². The van der Waals surface area contributed by atoms with Crippen LogP contribution in [0, 0.1) is 5.92 Å². The van der Waals surface area contributed by atoms with E-state index in [2.05, 4.69) is 43.0 Å². The molecule has 0 radical (unpaired) electrons. The van der Waals surface area contributed by atoms with Crippen molar-refractivity contribution in [2.45, 2.75) is 46.1 Å². The molecule has 0 atom stereocenters. The van der Waals surface area contributed by atoms with Gasteiger partial charge in [-0.2, -0.15) is 0 Å². The van der Waals surface area contributed by atoms with Crippen molar-refractivity contribution in [2.24, 2.45) is 5.92 Å². The minimum Gasteiger partial charge on any atom is -0.299 e. The van der Waals surface area contributed by atoms with E-state index in [1.807, 2.05) is 0 Å². The first-order chi connectivity index (χ1) is 8.24. The zero-order valence-electron chi connectivity index (χ0n) is 11.3. The van der Waals surface area contributed by atoms with E-state index < -0.39 is 0 Å². The van der Waals surface area contributed by atoms with Gasteiger partial charge < -0.3 is 0 Å². The first-order valence-electron chi connectivity index (χ1n) is 7.04. The van der Waals surface area contributed by atoms with Crippen LogP contribution in [-0.4, -0.2) is 18.0 Å². The SMILES string of the molecule is CC(C)Cc1cccc(CN2CCCCC2)c1. The van der Waals surface area contributed by atoms with Gasteiger partial charge in [-0.1, -0.05) is 44.5 Å². The molecule has 1 heterocycles. The molecule has 2 rings (SSSR count). The first-order valence-corrected chi connectivity index (χ1v) is 7.04. The lowest BCUT2D eigenvalue weighted by Crippen LogP contribution is -2.29. The molecule has 0 bridgehead atoms. The van der Waals surface area contributed by atoms with Crippen LogP contribution in [0.4, 0.5) is 0 Å². The standard InChI is InChI=1S/C16H25N/c1-14(2)11-15-7-6-8-16(12-15)13-17-9-4-3-5-10-17/h6-8,12,14H,3-5,9-11,13H2,1-2H3. The lowest BCUT2D eigenvalue weighted by Gasteiger charge is -2.26. The number of nitrogens with zero attached hydrogens (tertiary/aromatic N) is 1. The van der Waals surface area contributed by atoms with Crippen LogP contribution in [0.15, 0.2) is 24.3 Å². The molecule has 0 spiro atoms. The van der Waals surface area contributed by atoms with Gasteiger partial charge in [-0.05, 0) is 49.4 Å². The number of hydrogen-bond acceptors (Lipinski definition) is 1. The average Bonchev–Trinajstić information content (AvgIpc) is 2.30. The number of likely N-dealkylation sites (tertiary alicyclic amines) is 1. The lowest BCUT2D eigenvalue weighted by atomic mass is 10.0. The van der Waals surface area contributed by atoms with Crippen molar-refractivity contribution in [2.75, 3.05) is 13.1 Å². The van der Waals surface area contributed by atoms with E-state index >= 15 is 0 Å².